The van der Waals surface area contributed by atoms with Gasteiger partial charge in [0.15, 0.2) is 11.5 Å². The molecule has 0 saturated carbocycles. The number of carbonyl (C=O) groups excluding carboxylic acids is 3. The molecule has 2 aliphatic heterocycles. The van der Waals surface area contributed by atoms with Crippen LogP contribution in [0.1, 0.15) is 33.1 Å². The first kappa shape index (κ1) is 30.9. The van der Waals surface area contributed by atoms with Gasteiger partial charge in [0.05, 0.1) is 28.0 Å². The van der Waals surface area contributed by atoms with Gasteiger partial charge in [-0.25, -0.2) is 9.78 Å². The maximum absolute atomic E-state index is 13.6. The fourth-order valence-corrected chi connectivity index (χ4v) is 5.51. The van der Waals surface area contributed by atoms with Crippen molar-refractivity contribution in [2.45, 2.75) is 25.2 Å². The van der Waals surface area contributed by atoms with E-state index in [0.29, 0.717) is 39.3 Å². The van der Waals surface area contributed by atoms with Crippen molar-refractivity contribution in [3.63, 3.8) is 0 Å². The van der Waals surface area contributed by atoms with E-state index in [1.54, 1.807) is 14.7 Å². The molecule has 0 bridgehead atoms. The van der Waals surface area contributed by atoms with Crippen molar-refractivity contribution in [2.75, 3.05) is 44.6 Å². The number of amides is 4. The van der Waals surface area contributed by atoms with Gasteiger partial charge in [0.1, 0.15) is 6.54 Å². The number of hydrogen-bond donors (Lipinski definition) is 2. The third-order valence-corrected chi connectivity index (χ3v) is 7.85. The standard InChI is InChI=1S/C28H29ClF3N9O3/c1-3-7-41-16-20(23(36-41)28(30,31)32)22-14-34-24(37(22)2)25(42)35-18-4-5-19(21(29)13-18)26(43)38-9-11-39(12-10-38)27(44)40-8-6-17(33)15-40/h1,4-5,13-14,16-17H,6-12,15,33H2,2H3,(H,35,42)/t17-/m0/s1. The Morgan fingerprint density at radius 2 is 1.84 bits per heavy atom. The van der Waals surface area contributed by atoms with Gasteiger partial charge >= 0.3 is 12.2 Å². The predicted octanol–water partition coefficient (Wildman–Crippen LogP) is 2.75. The Bertz CT molecular complexity index is 1640. The average molecular weight is 632 g/mol. The second kappa shape index (κ2) is 12.2. The van der Waals surface area contributed by atoms with E-state index in [0.717, 1.165) is 23.5 Å². The van der Waals surface area contributed by atoms with Crippen molar-refractivity contribution in [3.05, 3.63) is 52.7 Å². The topological polar surface area (TPSA) is 135 Å². The molecule has 4 heterocycles. The van der Waals surface area contributed by atoms with Crippen LogP contribution in [-0.2, 0) is 19.8 Å². The molecule has 0 aliphatic carbocycles. The third-order valence-electron chi connectivity index (χ3n) is 7.54. The van der Waals surface area contributed by atoms with Gasteiger partial charge in [-0.3, -0.25) is 14.3 Å². The number of nitrogens with zero attached hydrogens (tertiary/aromatic N) is 7. The van der Waals surface area contributed by atoms with Crippen molar-refractivity contribution in [2.24, 2.45) is 12.8 Å². The molecule has 2 aromatic heterocycles. The quantitative estimate of drug-likeness (QED) is 0.416. The van der Waals surface area contributed by atoms with Crippen molar-refractivity contribution in [1.82, 2.24) is 34.0 Å². The van der Waals surface area contributed by atoms with Crippen LogP contribution in [0.2, 0.25) is 5.02 Å². The lowest BCUT2D eigenvalue weighted by atomic mass is 10.1. The fourth-order valence-electron chi connectivity index (χ4n) is 5.25. The first-order chi connectivity index (χ1) is 20.9. The van der Waals surface area contributed by atoms with Gasteiger partial charge in [0.25, 0.3) is 11.8 Å². The number of alkyl halides is 3. The highest BCUT2D eigenvalue weighted by atomic mass is 35.5. The molecular weight excluding hydrogens is 603 g/mol. The number of benzene rings is 1. The molecule has 2 saturated heterocycles. The minimum absolute atomic E-state index is 0.00975. The molecule has 4 amide bonds. The van der Waals surface area contributed by atoms with Crippen LogP contribution in [0.25, 0.3) is 11.3 Å². The number of hydrogen-bond acceptors (Lipinski definition) is 6. The highest BCUT2D eigenvalue weighted by Gasteiger charge is 2.38. The van der Waals surface area contributed by atoms with E-state index < -0.39 is 17.8 Å². The number of terminal acetylenes is 1. The van der Waals surface area contributed by atoms with Gasteiger partial charge in [-0.1, -0.05) is 17.5 Å². The highest BCUT2D eigenvalue weighted by Crippen LogP contribution is 2.36. The summed E-state index contributed by atoms with van der Waals surface area (Å²) in [4.78, 5) is 48.0. The molecule has 3 aromatic rings. The van der Waals surface area contributed by atoms with Crippen LogP contribution < -0.4 is 11.1 Å². The van der Waals surface area contributed by atoms with Crippen LogP contribution >= 0.6 is 11.6 Å². The first-order valence-corrected chi connectivity index (χ1v) is 14.0. The average Bonchev–Trinajstić information content (AvgIpc) is 3.71. The Morgan fingerprint density at radius 1 is 1.14 bits per heavy atom. The molecule has 16 heteroatoms. The maximum atomic E-state index is 13.6. The van der Waals surface area contributed by atoms with Crippen LogP contribution in [0.15, 0.2) is 30.6 Å². The summed E-state index contributed by atoms with van der Waals surface area (Å²) < 4.78 is 43.1. The van der Waals surface area contributed by atoms with Crippen LogP contribution in [0, 0.1) is 12.3 Å². The van der Waals surface area contributed by atoms with Crippen molar-refractivity contribution in [3.8, 4) is 23.6 Å². The van der Waals surface area contributed by atoms with E-state index in [9.17, 15) is 27.6 Å². The second-order valence-electron chi connectivity index (χ2n) is 10.5. The minimum Gasteiger partial charge on any atom is -0.335 e. The zero-order valence-electron chi connectivity index (χ0n) is 23.6. The number of halogens is 4. The molecule has 0 spiro atoms. The number of rotatable bonds is 5. The minimum atomic E-state index is -4.76. The lowest BCUT2D eigenvalue weighted by Gasteiger charge is -2.36. The zero-order valence-corrected chi connectivity index (χ0v) is 24.4. The van der Waals surface area contributed by atoms with Crippen molar-refractivity contribution in [1.29, 1.82) is 0 Å². The van der Waals surface area contributed by atoms with E-state index in [2.05, 4.69) is 21.3 Å². The van der Waals surface area contributed by atoms with E-state index >= 15 is 0 Å². The number of imidazole rings is 1. The number of piperazine rings is 1. The van der Waals surface area contributed by atoms with E-state index in [1.165, 1.54) is 29.8 Å². The summed E-state index contributed by atoms with van der Waals surface area (Å²) in [6.07, 6.45) is 3.52. The summed E-state index contributed by atoms with van der Waals surface area (Å²) in [5, 5.41) is 6.25. The van der Waals surface area contributed by atoms with Crippen LogP contribution in [0.3, 0.4) is 0 Å². The number of carbonyl (C=O) groups is 3. The molecule has 12 nitrogen and oxygen atoms in total. The SMILES string of the molecule is C#CCn1cc(-c2cnc(C(=O)Nc3ccc(C(=O)N4CCN(C(=O)N5CC[C@H](N)C5)CC4)c(Cl)c3)n2C)c(C(F)(F)F)n1. The smallest absolute Gasteiger partial charge is 0.335 e. The number of nitrogens with two attached hydrogens (primary N) is 1. The van der Waals surface area contributed by atoms with E-state index in [1.807, 2.05) is 0 Å². The Kier molecular flexibility index (Phi) is 8.57. The molecule has 44 heavy (non-hydrogen) atoms. The van der Waals surface area contributed by atoms with Crippen LogP contribution in [0.4, 0.5) is 23.7 Å². The Labute approximate surface area is 255 Å². The monoisotopic (exact) mass is 631 g/mol. The molecule has 0 radical (unpaired) electrons. The van der Waals surface area contributed by atoms with E-state index in [-0.39, 0.29) is 57.9 Å². The van der Waals surface area contributed by atoms with Gasteiger partial charge in [0.2, 0.25) is 0 Å². The molecule has 2 fully saturated rings. The summed E-state index contributed by atoms with van der Waals surface area (Å²) in [5.41, 5.74) is 4.95. The van der Waals surface area contributed by atoms with Crippen LogP contribution in [0.5, 0.6) is 0 Å². The molecular formula is C28H29ClF3N9O3. The van der Waals surface area contributed by atoms with E-state index in [4.69, 9.17) is 23.8 Å². The summed E-state index contributed by atoms with van der Waals surface area (Å²) in [7, 11) is 1.40. The number of aromatic nitrogens is 4. The molecule has 5 rings (SSSR count). The molecule has 1 atom stereocenters. The molecule has 0 unspecified atom stereocenters. The van der Waals surface area contributed by atoms with Gasteiger partial charge in [-0.15, -0.1) is 6.42 Å². The van der Waals surface area contributed by atoms with Crippen molar-refractivity contribution < 1.29 is 27.6 Å². The molecule has 1 aromatic carbocycles. The van der Waals surface area contributed by atoms with Gasteiger partial charge in [-0.05, 0) is 24.6 Å². The second-order valence-corrected chi connectivity index (χ2v) is 10.9. The normalized spacial score (nSPS) is 17.1. The molecule has 3 N–H and O–H groups in total. The Balaban J connectivity index is 1.24. The first-order valence-electron chi connectivity index (χ1n) is 13.7. The molecule has 232 valence electrons. The largest absolute Gasteiger partial charge is 0.435 e. The number of urea groups is 1. The summed E-state index contributed by atoms with van der Waals surface area (Å²) in [6, 6.07) is 4.27. The van der Waals surface area contributed by atoms with Gasteiger partial charge in [-0.2, -0.15) is 18.3 Å². The lowest BCUT2D eigenvalue weighted by Crippen LogP contribution is -2.54. The number of likely N-dealkylation sites (tertiary alicyclic amines) is 1. The maximum Gasteiger partial charge on any atom is 0.435 e. The Hall–Kier alpha value is -4.55. The predicted molar refractivity (Wildman–Crippen MR) is 155 cm³/mol. The zero-order chi connectivity index (χ0) is 31.8. The van der Waals surface area contributed by atoms with Crippen molar-refractivity contribution >= 4 is 35.1 Å². The van der Waals surface area contributed by atoms with Gasteiger partial charge in [0, 0.05) is 64.2 Å². The summed E-state index contributed by atoms with van der Waals surface area (Å²) in [6.45, 7) is 2.40. The number of anilines is 1. The fraction of sp³-hybridized carbons (Fsp3) is 0.393. The third kappa shape index (κ3) is 6.22. The molecule has 2 aliphatic rings. The Morgan fingerprint density at radius 3 is 2.45 bits per heavy atom. The summed E-state index contributed by atoms with van der Waals surface area (Å²) >= 11 is 6.42. The lowest BCUT2D eigenvalue weighted by molar-refractivity contribution is -0.141. The van der Waals surface area contributed by atoms with Crippen LogP contribution in [-0.4, -0.2) is 97.2 Å². The highest BCUT2D eigenvalue weighted by molar-refractivity contribution is 6.34. The summed E-state index contributed by atoms with van der Waals surface area (Å²) in [5.74, 6) is 1.04. The van der Waals surface area contributed by atoms with Gasteiger partial charge < -0.3 is 30.3 Å². The number of nitrogens with one attached hydrogen (secondary N) is 1.